The van der Waals surface area contributed by atoms with Gasteiger partial charge in [0, 0.05) is 16.7 Å². The Morgan fingerprint density at radius 2 is 0.796 bits per heavy atom. The Bertz CT molecular complexity index is 2460. The van der Waals surface area contributed by atoms with E-state index < -0.39 is 0 Å². The molecule has 0 aliphatic heterocycles. The molecule has 4 aliphatic carbocycles. The predicted molar refractivity (Wildman–Crippen MR) is 217 cm³/mol. The van der Waals surface area contributed by atoms with E-state index >= 15 is 0 Å². The standard InChI is InChI=1S/C50H40N4/c51-32-33-9-11-38(12-10-33)39-13-15-40(16-14-39)41-17-19-42(20-18-41)47-52-48(54-49(53-47)45-8-4-7-44(28-45)37-5-2-1-3-6-37)43-21-23-46(24-22-43)50-29-34-25-35(30-50)27-36(26-34)31-50/h1-24,28,34-36H,25-27,29-31H2. The molecule has 1 aromatic heterocycles. The van der Waals surface area contributed by atoms with Gasteiger partial charge in [0.1, 0.15) is 0 Å². The van der Waals surface area contributed by atoms with Gasteiger partial charge in [0.25, 0.3) is 0 Å². The van der Waals surface area contributed by atoms with Crippen LogP contribution in [0.4, 0.5) is 0 Å². The number of nitrogens with zero attached hydrogens (tertiary/aromatic N) is 4. The molecule has 0 amide bonds. The molecule has 260 valence electrons. The highest BCUT2D eigenvalue weighted by molar-refractivity contribution is 5.75. The minimum absolute atomic E-state index is 0.353. The second kappa shape index (κ2) is 13.3. The molecule has 1 heterocycles. The Labute approximate surface area is 317 Å². The molecule has 4 heteroatoms. The van der Waals surface area contributed by atoms with Gasteiger partial charge in [0.05, 0.1) is 11.6 Å². The van der Waals surface area contributed by atoms with E-state index in [-0.39, 0.29) is 0 Å². The highest BCUT2D eigenvalue weighted by Crippen LogP contribution is 2.60. The molecule has 7 aromatic rings. The second-order valence-corrected chi connectivity index (χ2v) is 15.9. The molecule has 54 heavy (non-hydrogen) atoms. The third-order valence-corrected chi connectivity index (χ3v) is 12.4. The number of hydrogen-bond acceptors (Lipinski definition) is 4. The lowest BCUT2D eigenvalue weighted by molar-refractivity contribution is -0.00518. The number of rotatable bonds is 7. The lowest BCUT2D eigenvalue weighted by atomic mass is 9.48. The van der Waals surface area contributed by atoms with Crippen LogP contribution in [0.2, 0.25) is 0 Å². The molecule has 4 fully saturated rings. The smallest absolute Gasteiger partial charge is 0.164 e. The molecule has 0 radical (unpaired) electrons. The van der Waals surface area contributed by atoms with E-state index in [1.807, 2.05) is 30.3 Å². The van der Waals surface area contributed by atoms with Crippen molar-refractivity contribution >= 4 is 0 Å². The van der Waals surface area contributed by atoms with E-state index in [2.05, 4.69) is 127 Å². The van der Waals surface area contributed by atoms with Gasteiger partial charge < -0.3 is 0 Å². The van der Waals surface area contributed by atoms with Crippen LogP contribution >= 0.6 is 0 Å². The third-order valence-electron chi connectivity index (χ3n) is 12.4. The zero-order valence-corrected chi connectivity index (χ0v) is 30.2. The van der Waals surface area contributed by atoms with Gasteiger partial charge in [-0.1, -0.05) is 133 Å². The predicted octanol–water partition coefficient (Wildman–Crippen LogP) is 12.2. The van der Waals surface area contributed by atoms with Crippen molar-refractivity contribution in [3.05, 3.63) is 163 Å². The normalized spacial score (nSPS) is 21.1. The first-order valence-electron chi connectivity index (χ1n) is 19.3. The number of hydrogen-bond donors (Lipinski definition) is 0. The maximum Gasteiger partial charge on any atom is 0.164 e. The number of aromatic nitrogens is 3. The van der Waals surface area contributed by atoms with Crippen LogP contribution in [-0.4, -0.2) is 15.0 Å². The molecule has 6 aromatic carbocycles. The average Bonchev–Trinajstić information content (AvgIpc) is 3.24. The first kappa shape index (κ1) is 32.5. The van der Waals surface area contributed by atoms with Crippen LogP contribution in [0.1, 0.15) is 49.7 Å². The van der Waals surface area contributed by atoms with Gasteiger partial charge >= 0.3 is 0 Å². The van der Waals surface area contributed by atoms with Gasteiger partial charge in [-0.3, -0.25) is 0 Å². The summed E-state index contributed by atoms with van der Waals surface area (Å²) in [6.45, 7) is 0. The van der Waals surface area contributed by atoms with E-state index in [0.29, 0.717) is 28.5 Å². The summed E-state index contributed by atoms with van der Waals surface area (Å²) in [4.78, 5) is 15.3. The van der Waals surface area contributed by atoms with Gasteiger partial charge in [0.15, 0.2) is 17.5 Å². The van der Waals surface area contributed by atoms with Gasteiger partial charge in [-0.25, -0.2) is 15.0 Å². The fourth-order valence-corrected chi connectivity index (χ4v) is 10.1. The molecule has 4 bridgehead atoms. The molecule has 0 unspecified atom stereocenters. The van der Waals surface area contributed by atoms with Crippen LogP contribution in [0.5, 0.6) is 0 Å². The Morgan fingerprint density at radius 3 is 1.30 bits per heavy atom. The van der Waals surface area contributed by atoms with Crippen LogP contribution in [0.15, 0.2) is 152 Å². The molecule has 0 atom stereocenters. The Balaban J connectivity index is 0.989. The Hall–Kier alpha value is -6.18. The SMILES string of the molecule is N#Cc1ccc(-c2ccc(-c3ccc(-c4nc(-c5ccc(C67CC8CC(CC(C8)C6)C7)cc5)nc(-c5cccc(-c6ccccc6)c5)n4)cc3)cc2)cc1. The summed E-state index contributed by atoms with van der Waals surface area (Å²) in [5, 5.41) is 9.16. The lowest BCUT2D eigenvalue weighted by Gasteiger charge is -2.57. The van der Waals surface area contributed by atoms with Crippen molar-refractivity contribution in [2.45, 2.75) is 43.9 Å². The van der Waals surface area contributed by atoms with E-state index in [9.17, 15) is 0 Å². The molecule has 0 spiro atoms. The summed E-state index contributed by atoms with van der Waals surface area (Å²) in [6, 6.07) is 55.2. The Morgan fingerprint density at radius 1 is 0.407 bits per heavy atom. The summed E-state index contributed by atoms with van der Waals surface area (Å²) < 4.78 is 0. The molecule has 4 saturated carbocycles. The second-order valence-electron chi connectivity index (χ2n) is 15.9. The third kappa shape index (κ3) is 6.10. The molecule has 4 aliphatic rings. The molecule has 0 N–H and O–H groups in total. The average molecular weight is 697 g/mol. The molecule has 4 nitrogen and oxygen atoms in total. The van der Waals surface area contributed by atoms with Crippen LogP contribution in [-0.2, 0) is 5.41 Å². The Kier molecular flexibility index (Phi) is 8.02. The minimum atomic E-state index is 0.353. The quantitative estimate of drug-likeness (QED) is 0.166. The molecular weight excluding hydrogens is 657 g/mol. The highest BCUT2D eigenvalue weighted by Gasteiger charge is 2.51. The van der Waals surface area contributed by atoms with Crippen molar-refractivity contribution in [1.82, 2.24) is 15.0 Å². The van der Waals surface area contributed by atoms with Crippen LogP contribution in [0, 0.1) is 29.1 Å². The summed E-state index contributed by atoms with van der Waals surface area (Å²) in [6.07, 6.45) is 8.42. The van der Waals surface area contributed by atoms with Crippen molar-refractivity contribution in [3.8, 4) is 73.6 Å². The van der Waals surface area contributed by atoms with Gasteiger partial charge in [-0.2, -0.15) is 5.26 Å². The van der Waals surface area contributed by atoms with Crippen LogP contribution < -0.4 is 0 Å². The van der Waals surface area contributed by atoms with Crippen molar-refractivity contribution < 1.29 is 0 Å². The number of nitriles is 1. The highest BCUT2D eigenvalue weighted by atomic mass is 15.0. The summed E-state index contributed by atoms with van der Waals surface area (Å²) in [5.74, 6) is 4.76. The number of benzene rings is 6. The lowest BCUT2D eigenvalue weighted by Crippen LogP contribution is -2.48. The van der Waals surface area contributed by atoms with Gasteiger partial charge in [-0.05, 0) is 119 Å². The zero-order valence-electron chi connectivity index (χ0n) is 30.2. The van der Waals surface area contributed by atoms with E-state index in [1.54, 1.807) is 0 Å². The van der Waals surface area contributed by atoms with Crippen molar-refractivity contribution in [2.75, 3.05) is 0 Å². The minimum Gasteiger partial charge on any atom is -0.208 e. The molecule has 11 rings (SSSR count). The van der Waals surface area contributed by atoms with Gasteiger partial charge in [-0.15, -0.1) is 0 Å². The topological polar surface area (TPSA) is 62.5 Å². The summed E-state index contributed by atoms with van der Waals surface area (Å²) in [5.41, 5.74) is 12.2. The van der Waals surface area contributed by atoms with Crippen molar-refractivity contribution in [3.63, 3.8) is 0 Å². The monoisotopic (exact) mass is 696 g/mol. The fourth-order valence-electron chi connectivity index (χ4n) is 10.1. The maximum absolute atomic E-state index is 9.16. The largest absolute Gasteiger partial charge is 0.208 e. The summed E-state index contributed by atoms with van der Waals surface area (Å²) in [7, 11) is 0. The van der Waals surface area contributed by atoms with E-state index in [1.165, 1.54) is 44.1 Å². The summed E-state index contributed by atoms with van der Waals surface area (Å²) >= 11 is 0. The first-order valence-corrected chi connectivity index (χ1v) is 19.3. The van der Waals surface area contributed by atoms with Crippen molar-refractivity contribution in [2.24, 2.45) is 17.8 Å². The van der Waals surface area contributed by atoms with Crippen LogP contribution in [0.3, 0.4) is 0 Å². The zero-order chi connectivity index (χ0) is 36.1. The maximum atomic E-state index is 9.16. The first-order chi connectivity index (χ1) is 26.6. The fraction of sp³-hybridized carbons (Fsp3) is 0.200. The van der Waals surface area contributed by atoms with Gasteiger partial charge in [0.2, 0.25) is 0 Å². The van der Waals surface area contributed by atoms with Crippen molar-refractivity contribution in [1.29, 1.82) is 5.26 Å². The van der Waals surface area contributed by atoms with Crippen LogP contribution in [0.25, 0.3) is 67.5 Å². The van der Waals surface area contributed by atoms with E-state index in [4.69, 9.17) is 20.2 Å². The van der Waals surface area contributed by atoms with E-state index in [0.717, 1.165) is 67.8 Å². The molecule has 0 saturated heterocycles. The molecular formula is C50H40N4.